The van der Waals surface area contributed by atoms with Crippen LogP contribution in [-0.2, 0) is 9.53 Å². The fraction of sp³-hybridized carbons (Fsp3) is 0.462. The first-order valence-electron chi connectivity index (χ1n) is 6.01. The number of rotatable bonds is 5. The minimum atomic E-state index is -0.666. The summed E-state index contributed by atoms with van der Waals surface area (Å²) < 4.78 is 6.45. The zero-order chi connectivity index (χ0) is 13.2. The highest BCUT2D eigenvalue weighted by Gasteiger charge is 2.49. The SMILES string of the molecule is CCOC1CC(Nc2cccc(Br)c2)(C(N)=O)C1. The summed E-state index contributed by atoms with van der Waals surface area (Å²) in [6.45, 7) is 2.61. The molecule has 98 valence electrons. The number of hydrogen-bond acceptors (Lipinski definition) is 3. The molecule has 5 heteroatoms. The molecule has 18 heavy (non-hydrogen) atoms. The molecule has 0 saturated heterocycles. The van der Waals surface area contributed by atoms with Gasteiger partial charge in [0, 0.05) is 29.6 Å². The molecule has 2 rings (SSSR count). The lowest BCUT2D eigenvalue weighted by Gasteiger charge is -2.45. The van der Waals surface area contributed by atoms with Gasteiger partial charge in [-0.2, -0.15) is 0 Å². The lowest BCUT2D eigenvalue weighted by molar-refractivity contribution is -0.131. The van der Waals surface area contributed by atoms with Crippen LogP contribution in [-0.4, -0.2) is 24.2 Å². The van der Waals surface area contributed by atoms with E-state index in [9.17, 15) is 4.79 Å². The summed E-state index contributed by atoms with van der Waals surface area (Å²) >= 11 is 3.40. The maximum Gasteiger partial charge on any atom is 0.243 e. The van der Waals surface area contributed by atoms with E-state index in [1.807, 2.05) is 31.2 Å². The maximum absolute atomic E-state index is 11.6. The molecule has 0 aliphatic heterocycles. The average molecular weight is 313 g/mol. The Balaban J connectivity index is 2.07. The van der Waals surface area contributed by atoms with Crippen molar-refractivity contribution < 1.29 is 9.53 Å². The number of hydrogen-bond donors (Lipinski definition) is 2. The molecule has 1 fully saturated rings. The van der Waals surface area contributed by atoms with Crippen molar-refractivity contribution in [1.82, 2.24) is 0 Å². The molecule has 0 unspecified atom stereocenters. The van der Waals surface area contributed by atoms with Gasteiger partial charge >= 0.3 is 0 Å². The number of nitrogens with one attached hydrogen (secondary N) is 1. The second-order valence-corrected chi connectivity index (χ2v) is 5.48. The van der Waals surface area contributed by atoms with Gasteiger partial charge in [0.2, 0.25) is 5.91 Å². The number of carbonyl (C=O) groups is 1. The van der Waals surface area contributed by atoms with Gasteiger partial charge in [-0.3, -0.25) is 4.79 Å². The summed E-state index contributed by atoms with van der Waals surface area (Å²) in [5.74, 6) is -0.321. The lowest BCUT2D eigenvalue weighted by atomic mass is 9.73. The van der Waals surface area contributed by atoms with Crippen molar-refractivity contribution in [2.75, 3.05) is 11.9 Å². The molecule has 0 bridgehead atoms. The summed E-state index contributed by atoms with van der Waals surface area (Å²) in [6, 6.07) is 7.70. The Morgan fingerprint density at radius 1 is 1.61 bits per heavy atom. The van der Waals surface area contributed by atoms with E-state index in [2.05, 4.69) is 21.2 Å². The van der Waals surface area contributed by atoms with Gasteiger partial charge in [-0.05, 0) is 25.1 Å². The molecule has 0 spiro atoms. The third-order valence-corrected chi connectivity index (χ3v) is 3.73. The van der Waals surface area contributed by atoms with Crippen molar-refractivity contribution in [2.45, 2.75) is 31.4 Å². The molecule has 0 atom stereocenters. The van der Waals surface area contributed by atoms with Crippen molar-refractivity contribution >= 4 is 27.5 Å². The van der Waals surface area contributed by atoms with Gasteiger partial charge in [0.25, 0.3) is 0 Å². The third-order valence-electron chi connectivity index (χ3n) is 3.23. The van der Waals surface area contributed by atoms with Crippen LogP contribution in [0.15, 0.2) is 28.7 Å². The molecular formula is C13H17BrN2O2. The van der Waals surface area contributed by atoms with E-state index in [0.717, 1.165) is 10.2 Å². The van der Waals surface area contributed by atoms with Crippen LogP contribution in [0.4, 0.5) is 5.69 Å². The van der Waals surface area contributed by atoms with Crippen molar-refractivity contribution in [3.8, 4) is 0 Å². The van der Waals surface area contributed by atoms with Gasteiger partial charge in [-0.15, -0.1) is 0 Å². The van der Waals surface area contributed by atoms with E-state index in [4.69, 9.17) is 10.5 Å². The van der Waals surface area contributed by atoms with Crippen LogP contribution < -0.4 is 11.1 Å². The molecular weight excluding hydrogens is 296 g/mol. The van der Waals surface area contributed by atoms with E-state index in [1.165, 1.54) is 0 Å². The van der Waals surface area contributed by atoms with Gasteiger partial charge in [0.15, 0.2) is 0 Å². The number of carbonyl (C=O) groups excluding carboxylic acids is 1. The Morgan fingerprint density at radius 3 is 2.89 bits per heavy atom. The molecule has 1 aliphatic rings. The van der Waals surface area contributed by atoms with E-state index in [0.29, 0.717) is 19.4 Å². The number of halogens is 1. The number of nitrogens with two attached hydrogens (primary N) is 1. The number of primary amides is 1. The van der Waals surface area contributed by atoms with Crippen LogP contribution in [0.1, 0.15) is 19.8 Å². The molecule has 1 amide bonds. The van der Waals surface area contributed by atoms with E-state index < -0.39 is 5.54 Å². The van der Waals surface area contributed by atoms with Gasteiger partial charge in [-0.1, -0.05) is 22.0 Å². The van der Waals surface area contributed by atoms with Crippen molar-refractivity contribution in [3.05, 3.63) is 28.7 Å². The van der Waals surface area contributed by atoms with Crippen molar-refractivity contribution in [2.24, 2.45) is 5.73 Å². The molecule has 1 aromatic rings. The van der Waals surface area contributed by atoms with Crippen molar-refractivity contribution in [3.63, 3.8) is 0 Å². The van der Waals surface area contributed by atoms with Crippen LogP contribution in [0.5, 0.6) is 0 Å². The predicted molar refractivity (Wildman–Crippen MR) is 74.3 cm³/mol. The molecule has 3 N–H and O–H groups in total. The van der Waals surface area contributed by atoms with Crippen LogP contribution in [0, 0.1) is 0 Å². The van der Waals surface area contributed by atoms with Crippen LogP contribution in [0.3, 0.4) is 0 Å². The number of amides is 1. The van der Waals surface area contributed by atoms with E-state index in [1.54, 1.807) is 0 Å². The minimum absolute atomic E-state index is 0.127. The Labute approximate surface area is 115 Å². The number of benzene rings is 1. The lowest BCUT2D eigenvalue weighted by Crippen LogP contribution is -2.61. The van der Waals surface area contributed by atoms with Gasteiger partial charge in [0.05, 0.1) is 6.10 Å². The predicted octanol–water partition coefficient (Wildman–Crippen LogP) is 2.28. The molecule has 1 aromatic carbocycles. The highest BCUT2D eigenvalue weighted by molar-refractivity contribution is 9.10. The summed E-state index contributed by atoms with van der Waals surface area (Å²) in [6.07, 6.45) is 1.38. The Bertz CT molecular complexity index is 444. The second kappa shape index (κ2) is 5.28. The second-order valence-electron chi connectivity index (χ2n) is 4.57. The molecule has 4 nitrogen and oxygen atoms in total. The first kappa shape index (κ1) is 13.4. The fourth-order valence-corrected chi connectivity index (χ4v) is 2.68. The van der Waals surface area contributed by atoms with E-state index >= 15 is 0 Å². The number of anilines is 1. The molecule has 1 aliphatic carbocycles. The summed E-state index contributed by atoms with van der Waals surface area (Å²) in [5.41, 5.74) is 5.73. The summed E-state index contributed by atoms with van der Waals surface area (Å²) in [7, 11) is 0. The normalized spacial score (nSPS) is 26.4. The van der Waals surface area contributed by atoms with Crippen LogP contribution >= 0.6 is 15.9 Å². The summed E-state index contributed by atoms with van der Waals surface area (Å²) in [4.78, 5) is 11.6. The average Bonchev–Trinajstić information content (AvgIpc) is 2.25. The van der Waals surface area contributed by atoms with Crippen LogP contribution in [0.25, 0.3) is 0 Å². The maximum atomic E-state index is 11.6. The van der Waals surface area contributed by atoms with Gasteiger partial charge < -0.3 is 15.8 Å². The standard InChI is InChI=1S/C13H17BrN2O2/c1-2-18-11-7-13(8-11,12(15)17)16-10-5-3-4-9(14)6-10/h3-6,11,16H,2,7-8H2,1H3,(H2,15,17). The highest BCUT2D eigenvalue weighted by atomic mass is 79.9. The van der Waals surface area contributed by atoms with E-state index in [-0.39, 0.29) is 12.0 Å². The Kier molecular flexibility index (Phi) is 3.92. The van der Waals surface area contributed by atoms with Gasteiger partial charge in [-0.25, -0.2) is 0 Å². The Hall–Kier alpha value is -1.07. The monoisotopic (exact) mass is 312 g/mol. The highest BCUT2D eigenvalue weighted by Crippen LogP contribution is 2.37. The zero-order valence-electron chi connectivity index (χ0n) is 10.3. The Morgan fingerprint density at radius 2 is 2.33 bits per heavy atom. The summed E-state index contributed by atoms with van der Waals surface area (Å²) in [5, 5.41) is 3.24. The fourth-order valence-electron chi connectivity index (χ4n) is 2.28. The smallest absolute Gasteiger partial charge is 0.243 e. The van der Waals surface area contributed by atoms with Crippen LogP contribution in [0.2, 0.25) is 0 Å². The third kappa shape index (κ3) is 2.67. The van der Waals surface area contributed by atoms with Gasteiger partial charge in [0.1, 0.15) is 5.54 Å². The topological polar surface area (TPSA) is 64.3 Å². The molecule has 0 heterocycles. The quantitative estimate of drug-likeness (QED) is 0.876. The zero-order valence-corrected chi connectivity index (χ0v) is 11.9. The molecule has 0 radical (unpaired) electrons. The minimum Gasteiger partial charge on any atom is -0.378 e. The molecule has 0 aromatic heterocycles. The van der Waals surface area contributed by atoms with Crippen molar-refractivity contribution in [1.29, 1.82) is 0 Å². The first-order chi connectivity index (χ1) is 8.55. The largest absolute Gasteiger partial charge is 0.378 e. The molecule has 1 saturated carbocycles. The number of ether oxygens (including phenoxy) is 1. The first-order valence-corrected chi connectivity index (χ1v) is 6.80.